The van der Waals surface area contributed by atoms with Gasteiger partial charge in [0.1, 0.15) is 0 Å². The van der Waals surface area contributed by atoms with E-state index in [9.17, 15) is 0 Å². The fourth-order valence-electron chi connectivity index (χ4n) is 2.81. The van der Waals surface area contributed by atoms with E-state index in [1.54, 1.807) is 0 Å². The monoisotopic (exact) mass is 263 g/mol. The number of hydrogen-bond donors (Lipinski definition) is 1. The Morgan fingerprint density at radius 1 is 1.16 bits per heavy atom. The van der Waals surface area contributed by atoms with Crippen molar-refractivity contribution in [3.8, 4) is 0 Å². The maximum Gasteiger partial charge on any atom is 0.0868 e. The molecule has 1 rings (SSSR count). The molecule has 0 bridgehead atoms. The van der Waals surface area contributed by atoms with Crippen molar-refractivity contribution in [2.75, 3.05) is 6.61 Å². The van der Waals surface area contributed by atoms with Crippen molar-refractivity contribution in [3.05, 3.63) is 35.4 Å². The van der Waals surface area contributed by atoms with Crippen LogP contribution in [0.15, 0.2) is 24.3 Å². The van der Waals surface area contributed by atoms with Crippen molar-refractivity contribution in [1.82, 2.24) is 0 Å². The van der Waals surface area contributed by atoms with Gasteiger partial charge in [-0.05, 0) is 37.3 Å². The summed E-state index contributed by atoms with van der Waals surface area (Å²) in [6.45, 7) is 9.28. The van der Waals surface area contributed by atoms with E-state index in [0.717, 1.165) is 25.7 Å². The quantitative estimate of drug-likeness (QED) is 0.761. The molecule has 0 spiro atoms. The van der Waals surface area contributed by atoms with Crippen LogP contribution in [0.5, 0.6) is 0 Å². The largest absolute Gasteiger partial charge is 0.373 e. The highest BCUT2D eigenvalue weighted by molar-refractivity contribution is 5.28. The maximum absolute atomic E-state index is 6.52. The van der Waals surface area contributed by atoms with Gasteiger partial charge in [-0.25, -0.2) is 0 Å². The predicted octanol–water partition coefficient (Wildman–Crippen LogP) is 4.23. The lowest BCUT2D eigenvalue weighted by Gasteiger charge is -2.37. The van der Waals surface area contributed by atoms with Gasteiger partial charge < -0.3 is 10.5 Å². The molecule has 0 aliphatic rings. The van der Waals surface area contributed by atoms with Crippen LogP contribution in [0.4, 0.5) is 0 Å². The van der Waals surface area contributed by atoms with Crippen molar-refractivity contribution in [2.24, 2.45) is 5.73 Å². The number of hydrogen-bond acceptors (Lipinski definition) is 2. The van der Waals surface area contributed by atoms with E-state index in [4.69, 9.17) is 10.5 Å². The van der Waals surface area contributed by atoms with Crippen molar-refractivity contribution < 1.29 is 4.74 Å². The van der Waals surface area contributed by atoms with Crippen LogP contribution in [0, 0.1) is 0 Å². The van der Waals surface area contributed by atoms with E-state index >= 15 is 0 Å². The van der Waals surface area contributed by atoms with E-state index in [2.05, 4.69) is 45.0 Å². The minimum absolute atomic E-state index is 0.0562. The molecule has 1 aromatic rings. The maximum atomic E-state index is 6.52. The molecule has 0 heterocycles. The molecule has 19 heavy (non-hydrogen) atoms. The molecule has 0 radical (unpaired) electrons. The topological polar surface area (TPSA) is 35.2 Å². The number of nitrogens with two attached hydrogens (primary N) is 1. The van der Waals surface area contributed by atoms with Crippen molar-refractivity contribution in [1.29, 1.82) is 0 Å². The van der Waals surface area contributed by atoms with E-state index in [1.165, 1.54) is 11.1 Å². The first-order chi connectivity index (χ1) is 9.13. The predicted molar refractivity (Wildman–Crippen MR) is 82.3 cm³/mol. The molecule has 0 aromatic heterocycles. The summed E-state index contributed by atoms with van der Waals surface area (Å²) in [5.74, 6) is 0. The molecular formula is C17H29NO. The summed E-state index contributed by atoms with van der Waals surface area (Å²) < 4.78 is 6.02. The van der Waals surface area contributed by atoms with E-state index < -0.39 is 0 Å². The van der Waals surface area contributed by atoms with Gasteiger partial charge in [-0.1, -0.05) is 51.5 Å². The van der Waals surface area contributed by atoms with Gasteiger partial charge in [0.05, 0.1) is 11.6 Å². The van der Waals surface area contributed by atoms with Gasteiger partial charge in [0, 0.05) is 6.61 Å². The van der Waals surface area contributed by atoms with E-state index in [-0.39, 0.29) is 11.6 Å². The first-order valence-corrected chi connectivity index (χ1v) is 7.61. The summed E-state index contributed by atoms with van der Waals surface area (Å²) >= 11 is 0. The molecule has 0 amide bonds. The molecule has 0 saturated carbocycles. The van der Waals surface area contributed by atoms with E-state index in [0.29, 0.717) is 6.61 Å². The second-order valence-electron chi connectivity index (χ2n) is 5.18. The third-order valence-electron chi connectivity index (χ3n) is 4.04. The zero-order valence-corrected chi connectivity index (χ0v) is 12.9. The summed E-state index contributed by atoms with van der Waals surface area (Å²) in [6.07, 6.45) is 4.16. The molecule has 108 valence electrons. The Morgan fingerprint density at radius 2 is 1.84 bits per heavy atom. The fourth-order valence-corrected chi connectivity index (χ4v) is 2.81. The Labute approximate surface area is 118 Å². The second kappa shape index (κ2) is 7.66. The van der Waals surface area contributed by atoms with E-state index in [1.807, 2.05) is 6.92 Å². The number of ether oxygens (including phenoxy) is 1. The molecule has 2 heteroatoms. The van der Waals surface area contributed by atoms with Gasteiger partial charge in [-0.3, -0.25) is 0 Å². The Bertz CT molecular complexity index is 371. The molecule has 0 aliphatic carbocycles. The van der Waals surface area contributed by atoms with Gasteiger partial charge in [-0.2, -0.15) is 0 Å². The average Bonchev–Trinajstić information content (AvgIpc) is 2.45. The number of benzene rings is 1. The lowest BCUT2D eigenvalue weighted by molar-refractivity contribution is -0.0645. The molecule has 2 N–H and O–H groups in total. The highest BCUT2D eigenvalue weighted by Crippen LogP contribution is 2.34. The highest BCUT2D eigenvalue weighted by atomic mass is 16.5. The minimum atomic E-state index is -0.237. The van der Waals surface area contributed by atoms with Crippen LogP contribution in [-0.4, -0.2) is 12.2 Å². The SMILES string of the molecule is CCCc1cccc(C(N)C(CC)(CC)OCC)c1. The molecule has 0 aliphatic heterocycles. The zero-order chi connectivity index (χ0) is 14.3. The summed E-state index contributed by atoms with van der Waals surface area (Å²) in [4.78, 5) is 0. The van der Waals surface area contributed by atoms with Crippen LogP contribution in [-0.2, 0) is 11.2 Å². The molecular weight excluding hydrogens is 234 g/mol. The second-order valence-corrected chi connectivity index (χ2v) is 5.18. The van der Waals surface area contributed by atoms with Crippen LogP contribution in [0.25, 0.3) is 0 Å². The Kier molecular flexibility index (Phi) is 6.53. The zero-order valence-electron chi connectivity index (χ0n) is 12.9. The molecule has 1 unspecified atom stereocenters. The van der Waals surface area contributed by atoms with Crippen LogP contribution < -0.4 is 5.73 Å². The lowest BCUT2D eigenvalue weighted by Crippen LogP contribution is -2.43. The molecule has 0 fully saturated rings. The van der Waals surface area contributed by atoms with Crippen LogP contribution in [0.3, 0.4) is 0 Å². The van der Waals surface area contributed by atoms with Crippen LogP contribution >= 0.6 is 0 Å². The van der Waals surface area contributed by atoms with Crippen molar-refractivity contribution >= 4 is 0 Å². The molecule has 0 saturated heterocycles. The normalized spacial score (nSPS) is 13.5. The standard InChI is InChI=1S/C17H29NO/c1-5-10-14-11-9-12-15(13-14)16(18)17(6-2,7-3)19-8-4/h9,11-13,16H,5-8,10,18H2,1-4H3. The van der Waals surface area contributed by atoms with Crippen LogP contribution in [0.2, 0.25) is 0 Å². The third kappa shape index (κ3) is 3.80. The molecule has 2 nitrogen and oxygen atoms in total. The lowest BCUT2D eigenvalue weighted by atomic mass is 9.83. The fraction of sp³-hybridized carbons (Fsp3) is 0.647. The van der Waals surface area contributed by atoms with Gasteiger partial charge in [-0.15, -0.1) is 0 Å². The highest BCUT2D eigenvalue weighted by Gasteiger charge is 2.35. The Hall–Kier alpha value is -0.860. The summed E-state index contributed by atoms with van der Waals surface area (Å²) in [5, 5.41) is 0. The Morgan fingerprint density at radius 3 is 2.37 bits per heavy atom. The third-order valence-corrected chi connectivity index (χ3v) is 4.04. The first-order valence-electron chi connectivity index (χ1n) is 7.61. The smallest absolute Gasteiger partial charge is 0.0868 e. The van der Waals surface area contributed by atoms with Crippen molar-refractivity contribution in [3.63, 3.8) is 0 Å². The summed E-state index contributed by atoms with van der Waals surface area (Å²) in [7, 11) is 0. The molecule has 1 atom stereocenters. The minimum Gasteiger partial charge on any atom is -0.373 e. The summed E-state index contributed by atoms with van der Waals surface area (Å²) in [6, 6.07) is 8.61. The van der Waals surface area contributed by atoms with Gasteiger partial charge in [0.25, 0.3) is 0 Å². The average molecular weight is 263 g/mol. The van der Waals surface area contributed by atoms with Crippen molar-refractivity contribution in [2.45, 2.75) is 65.0 Å². The van der Waals surface area contributed by atoms with Gasteiger partial charge >= 0.3 is 0 Å². The molecule has 1 aromatic carbocycles. The first kappa shape index (κ1) is 16.2. The number of aryl methyl sites for hydroxylation is 1. The Balaban J connectivity index is 3.01. The van der Waals surface area contributed by atoms with Gasteiger partial charge in [0.2, 0.25) is 0 Å². The van der Waals surface area contributed by atoms with Gasteiger partial charge in [0.15, 0.2) is 0 Å². The summed E-state index contributed by atoms with van der Waals surface area (Å²) in [5.41, 5.74) is 8.85. The number of rotatable bonds is 8. The van der Waals surface area contributed by atoms with Crippen LogP contribution in [0.1, 0.15) is 64.1 Å².